The van der Waals surface area contributed by atoms with E-state index in [0.29, 0.717) is 28.7 Å². The van der Waals surface area contributed by atoms with E-state index in [1.807, 2.05) is 6.92 Å². The number of hydrogen-bond donors (Lipinski definition) is 1. The number of hydrogen-bond acceptors (Lipinski definition) is 4. The topological polar surface area (TPSA) is 50.7 Å². The Labute approximate surface area is 154 Å². The molecule has 4 nitrogen and oxygen atoms in total. The second kappa shape index (κ2) is 6.79. The number of nitrogens with one attached hydrogen (secondary N) is 1. The van der Waals surface area contributed by atoms with Gasteiger partial charge in [0.1, 0.15) is 17.5 Å². The highest BCUT2D eigenvalue weighted by Gasteiger charge is 2.34. The first-order chi connectivity index (χ1) is 12.2. The molecule has 0 fully saturated rings. The standard InChI is InChI=1S/C17H13BrF4N4/c1-8-13(18)6-11-15(25-9(2)26-16(11)24-8)23-7-10-4-3-5-12(14(10)19)17(20,21)22/h3-6H,7H2,1-2H3,(H,23,24,25,26). The molecule has 0 saturated heterocycles. The van der Waals surface area contributed by atoms with Gasteiger partial charge in [0.25, 0.3) is 0 Å². The Kier molecular flexibility index (Phi) is 4.83. The number of anilines is 1. The first-order valence-corrected chi connectivity index (χ1v) is 8.36. The molecule has 0 amide bonds. The molecule has 26 heavy (non-hydrogen) atoms. The van der Waals surface area contributed by atoms with E-state index in [4.69, 9.17) is 0 Å². The predicted octanol–water partition coefficient (Wildman–Crippen LogP) is 5.17. The highest BCUT2D eigenvalue weighted by Crippen LogP contribution is 2.33. The van der Waals surface area contributed by atoms with Crippen molar-refractivity contribution in [3.05, 3.63) is 57.2 Å². The number of halogens is 5. The summed E-state index contributed by atoms with van der Waals surface area (Å²) >= 11 is 3.38. The summed E-state index contributed by atoms with van der Waals surface area (Å²) in [6, 6.07) is 4.95. The van der Waals surface area contributed by atoms with Gasteiger partial charge in [0, 0.05) is 16.6 Å². The van der Waals surface area contributed by atoms with Crippen LogP contribution in [0.4, 0.5) is 23.4 Å². The molecule has 0 aliphatic carbocycles. The van der Waals surface area contributed by atoms with Crippen LogP contribution < -0.4 is 5.32 Å². The minimum absolute atomic E-state index is 0.108. The van der Waals surface area contributed by atoms with E-state index < -0.39 is 17.6 Å². The van der Waals surface area contributed by atoms with Crippen LogP contribution in [0.3, 0.4) is 0 Å². The van der Waals surface area contributed by atoms with Crippen molar-refractivity contribution in [2.45, 2.75) is 26.6 Å². The number of alkyl halides is 3. The van der Waals surface area contributed by atoms with E-state index in [-0.39, 0.29) is 12.1 Å². The van der Waals surface area contributed by atoms with Gasteiger partial charge in [-0.25, -0.2) is 19.3 Å². The maximum atomic E-state index is 14.2. The third-order valence-electron chi connectivity index (χ3n) is 3.76. The molecular weight excluding hydrogens is 416 g/mol. The number of pyridine rings is 1. The van der Waals surface area contributed by atoms with Gasteiger partial charge in [-0.15, -0.1) is 0 Å². The second-order valence-electron chi connectivity index (χ2n) is 5.68. The van der Waals surface area contributed by atoms with Gasteiger partial charge in [0.2, 0.25) is 0 Å². The maximum absolute atomic E-state index is 14.2. The molecule has 1 aromatic carbocycles. The lowest BCUT2D eigenvalue weighted by Crippen LogP contribution is -2.12. The van der Waals surface area contributed by atoms with Crippen molar-refractivity contribution >= 4 is 32.8 Å². The van der Waals surface area contributed by atoms with Gasteiger partial charge in [-0.2, -0.15) is 13.2 Å². The lowest BCUT2D eigenvalue weighted by atomic mass is 10.1. The SMILES string of the molecule is Cc1nc(NCc2cccc(C(F)(F)F)c2F)c2cc(Br)c(C)nc2n1. The Morgan fingerprint density at radius 2 is 1.85 bits per heavy atom. The molecular formula is C17H13BrF4N4. The molecule has 0 atom stereocenters. The van der Waals surface area contributed by atoms with Crippen LogP contribution >= 0.6 is 15.9 Å². The first kappa shape index (κ1) is 18.5. The normalized spacial score (nSPS) is 11.8. The Morgan fingerprint density at radius 3 is 2.54 bits per heavy atom. The summed E-state index contributed by atoms with van der Waals surface area (Å²) in [5.41, 5.74) is -0.209. The van der Waals surface area contributed by atoms with Gasteiger partial charge in [0.05, 0.1) is 16.6 Å². The summed E-state index contributed by atoms with van der Waals surface area (Å²) in [6.07, 6.45) is -4.75. The molecule has 0 radical (unpaired) electrons. The molecule has 0 aliphatic heterocycles. The molecule has 2 heterocycles. The van der Waals surface area contributed by atoms with E-state index in [1.165, 1.54) is 12.1 Å². The zero-order chi connectivity index (χ0) is 19.1. The molecule has 0 unspecified atom stereocenters. The summed E-state index contributed by atoms with van der Waals surface area (Å²) in [5, 5.41) is 3.48. The lowest BCUT2D eigenvalue weighted by molar-refractivity contribution is -0.140. The summed E-state index contributed by atoms with van der Waals surface area (Å²) in [7, 11) is 0. The maximum Gasteiger partial charge on any atom is 0.419 e. The van der Waals surface area contributed by atoms with Gasteiger partial charge < -0.3 is 5.32 Å². The van der Waals surface area contributed by atoms with Crippen molar-refractivity contribution in [2.75, 3.05) is 5.32 Å². The summed E-state index contributed by atoms with van der Waals surface area (Å²) in [6.45, 7) is 3.33. The molecule has 0 aliphatic rings. The summed E-state index contributed by atoms with van der Waals surface area (Å²) < 4.78 is 53.4. The van der Waals surface area contributed by atoms with Gasteiger partial charge >= 0.3 is 6.18 Å². The average Bonchev–Trinajstić information content (AvgIpc) is 2.54. The molecule has 136 valence electrons. The number of aromatic nitrogens is 3. The summed E-state index contributed by atoms with van der Waals surface area (Å²) in [5.74, 6) is -0.478. The Hall–Kier alpha value is -2.29. The lowest BCUT2D eigenvalue weighted by Gasteiger charge is -2.13. The van der Waals surface area contributed by atoms with E-state index in [2.05, 4.69) is 36.2 Å². The van der Waals surface area contributed by atoms with Crippen molar-refractivity contribution in [3.63, 3.8) is 0 Å². The fourth-order valence-corrected chi connectivity index (χ4v) is 2.79. The molecule has 1 N–H and O–H groups in total. The van der Waals surface area contributed by atoms with E-state index in [0.717, 1.165) is 10.2 Å². The van der Waals surface area contributed by atoms with E-state index in [1.54, 1.807) is 13.0 Å². The largest absolute Gasteiger partial charge is 0.419 e. The van der Waals surface area contributed by atoms with E-state index >= 15 is 0 Å². The van der Waals surface area contributed by atoms with Crippen LogP contribution in [0.15, 0.2) is 28.7 Å². The average molecular weight is 429 g/mol. The minimum atomic E-state index is -4.75. The number of benzene rings is 1. The van der Waals surface area contributed by atoms with Crippen molar-refractivity contribution < 1.29 is 17.6 Å². The monoisotopic (exact) mass is 428 g/mol. The summed E-state index contributed by atoms with van der Waals surface area (Å²) in [4.78, 5) is 12.9. The number of rotatable bonds is 3. The van der Waals surface area contributed by atoms with Crippen LogP contribution in [-0.2, 0) is 12.7 Å². The van der Waals surface area contributed by atoms with Crippen LogP contribution in [0.2, 0.25) is 0 Å². The third kappa shape index (κ3) is 3.62. The van der Waals surface area contributed by atoms with Crippen molar-refractivity contribution in [3.8, 4) is 0 Å². The van der Waals surface area contributed by atoms with Crippen LogP contribution in [-0.4, -0.2) is 15.0 Å². The smallest absolute Gasteiger partial charge is 0.365 e. The molecule has 2 aromatic heterocycles. The van der Waals surface area contributed by atoms with Crippen LogP contribution in [0.1, 0.15) is 22.6 Å². The van der Waals surface area contributed by atoms with Gasteiger partial charge in [0.15, 0.2) is 5.65 Å². The Balaban J connectivity index is 1.97. The van der Waals surface area contributed by atoms with Crippen molar-refractivity contribution in [1.29, 1.82) is 0 Å². The number of aryl methyl sites for hydroxylation is 2. The zero-order valence-electron chi connectivity index (χ0n) is 13.7. The Morgan fingerprint density at radius 1 is 1.12 bits per heavy atom. The van der Waals surface area contributed by atoms with E-state index in [9.17, 15) is 17.6 Å². The molecule has 3 rings (SSSR count). The van der Waals surface area contributed by atoms with Crippen molar-refractivity contribution in [2.24, 2.45) is 0 Å². The first-order valence-electron chi connectivity index (χ1n) is 7.57. The number of fused-ring (bicyclic) bond motifs is 1. The third-order valence-corrected chi connectivity index (χ3v) is 4.56. The number of nitrogens with zero attached hydrogens (tertiary/aromatic N) is 3. The fourth-order valence-electron chi connectivity index (χ4n) is 2.48. The zero-order valence-corrected chi connectivity index (χ0v) is 15.3. The molecule has 0 saturated carbocycles. The second-order valence-corrected chi connectivity index (χ2v) is 6.53. The molecule has 0 spiro atoms. The van der Waals surface area contributed by atoms with Gasteiger partial charge in [-0.05, 0) is 41.9 Å². The van der Waals surface area contributed by atoms with Crippen LogP contribution in [0.25, 0.3) is 11.0 Å². The predicted molar refractivity (Wildman–Crippen MR) is 93.2 cm³/mol. The minimum Gasteiger partial charge on any atom is -0.365 e. The quantitative estimate of drug-likeness (QED) is 0.584. The van der Waals surface area contributed by atoms with Crippen LogP contribution in [0.5, 0.6) is 0 Å². The fraction of sp³-hybridized carbons (Fsp3) is 0.235. The van der Waals surface area contributed by atoms with Crippen LogP contribution in [0, 0.1) is 19.7 Å². The molecule has 3 aromatic rings. The van der Waals surface area contributed by atoms with Gasteiger partial charge in [-0.1, -0.05) is 12.1 Å². The molecule has 9 heteroatoms. The highest BCUT2D eigenvalue weighted by atomic mass is 79.9. The Bertz CT molecular complexity index is 989. The molecule has 0 bridgehead atoms. The van der Waals surface area contributed by atoms with Gasteiger partial charge in [-0.3, -0.25) is 0 Å². The highest BCUT2D eigenvalue weighted by molar-refractivity contribution is 9.10. The van der Waals surface area contributed by atoms with Crippen molar-refractivity contribution in [1.82, 2.24) is 15.0 Å².